The van der Waals surface area contributed by atoms with E-state index in [9.17, 15) is 10.1 Å². The number of nitriles is 1. The fourth-order valence-electron chi connectivity index (χ4n) is 3.28. The molecule has 0 aromatic heterocycles. The number of carbonyl (C=O) groups excluding carboxylic acids is 1. The molecule has 5 nitrogen and oxygen atoms in total. The smallest absolute Gasteiger partial charge is 0.266 e. The van der Waals surface area contributed by atoms with Crippen LogP contribution in [0.15, 0.2) is 78.9 Å². The van der Waals surface area contributed by atoms with Crippen LogP contribution < -0.4 is 14.8 Å². The van der Waals surface area contributed by atoms with Gasteiger partial charge in [-0.25, -0.2) is 0 Å². The largest absolute Gasteiger partial charge is 0.493 e. The molecule has 1 amide bonds. The predicted octanol–water partition coefficient (Wildman–Crippen LogP) is 6.46. The monoisotopic (exact) mass is 564 g/mol. The minimum atomic E-state index is -0.477. The Labute approximate surface area is 213 Å². The summed E-state index contributed by atoms with van der Waals surface area (Å²) in [7, 11) is 1.56. The van der Waals surface area contributed by atoms with Crippen LogP contribution >= 0.6 is 22.6 Å². The second kappa shape index (κ2) is 12.1. The molecule has 0 spiro atoms. The number of anilines is 1. The van der Waals surface area contributed by atoms with Crippen LogP contribution in [0.3, 0.4) is 0 Å². The number of aryl methyl sites for hydroxylation is 1. The number of allylic oxidation sites excluding steroid dienone is 1. The third-order valence-electron chi connectivity index (χ3n) is 5.02. The average Bonchev–Trinajstić information content (AvgIpc) is 2.84. The zero-order chi connectivity index (χ0) is 24.5. The van der Waals surface area contributed by atoms with Crippen molar-refractivity contribution < 1.29 is 14.3 Å². The zero-order valence-electron chi connectivity index (χ0n) is 19.1. The molecule has 0 bridgehead atoms. The summed E-state index contributed by atoms with van der Waals surface area (Å²) in [5.74, 6) is 0.655. The molecule has 3 rings (SSSR count). The molecular formula is C28H25IN2O3. The lowest BCUT2D eigenvalue weighted by atomic mass is 10.0. The first kappa shape index (κ1) is 25.1. The molecule has 0 unspecified atom stereocenters. The van der Waals surface area contributed by atoms with Gasteiger partial charge in [0, 0.05) is 14.8 Å². The van der Waals surface area contributed by atoms with Crippen LogP contribution in [0.4, 0.5) is 5.69 Å². The molecule has 0 aliphatic heterocycles. The van der Waals surface area contributed by atoms with Crippen molar-refractivity contribution in [3.63, 3.8) is 0 Å². The lowest BCUT2D eigenvalue weighted by Crippen LogP contribution is -2.13. The summed E-state index contributed by atoms with van der Waals surface area (Å²) in [5.41, 5.74) is 4.24. The van der Waals surface area contributed by atoms with Crippen LogP contribution in [0.2, 0.25) is 0 Å². The van der Waals surface area contributed by atoms with Gasteiger partial charge in [0.1, 0.15) is 18.2 Å². The van der Waals surface area contributed by atoms with Crippen molar-refractivity contribution in [3.05, 3.63) is 105 Å². The van der Waals surface area contributed by atoms with Crippen molar-refractivity contribution in [1.82, 2.24) is 0 Å². The maximum atomic E-state index is 12.7. The van der Waals surface area contributed by atoms with Crippen molar-refractivity contribution in [2.75, 3.05) is 12.4 Å². The van der Waals surface area contributed by atoms with E-state index in [4.69, 9.17) is 9.47 Å². The first-order valence-electron chi connectivity index (χ1n) is 10.6. The fraction of sp³-hybridized carbons (Fsp3) is 0.143. The van der Waals surface area contributed by atoms with Gasteiger partial charge >= 0.3 is 0 Å². The maximum Gasteiger partial charge on any atom is 0.266 e. The summed E-state index contributed by atoms with van der Waals surface area (Å²) in [5, 5.41) is 12.4. The zero-order valence-corrected chi connectivity index (χ0v) is 21.3. The molecule has 0 saturated heterocycles. The van der Waals surface area contributed by atoms with Crippen LogP contribution in [-0.2, 0) is 17.8 Å². The number of amides is 1. The first-order valence-corrected chi connectivity index (χ1v) is 11.7. The number of ether oxygens (including phenoxy) is 2. The first-order chi connectivity index (χ1) is 16.4. The van der Waals surface area contributed by atoms with Crippen LogP contribution in [0, 0.1) is 21.8 Å². The Bertz CT molecular complexity index is 1240. The minimum absolute atomic E-state index is 0.0141. The molecule has 3 aromatic carbocycles. The number of halogens is 1. The van der Waals surface area contributed by atoms with Gasteiger partial charge in [-0.2, -0.15) is 5.26 Å². The van der Waals surface area contributed by atoms with E-state index in [1.807, 2.05) is 55.5 Å². The molecule has 0 heterocycles. The van der Waals surface area contributed by atoms with Crippen molar-refractivity contribution in [2.24, 2.45) is 0 Å². The third kappa shape index (κ3) is 6.72. The molecule has 6 heteroatoms. The Balaban J connectivity index is 1.88. The highest BCUT2D eigenvalue weighted by atomic mass is 127. The second-order valence-electron chi connectivity index (χ2n) is 7.61. The summed E-state index contributed by atoms with van der Waals surface area (Å²) in [6.45, 7) is 6.19. The van der Waals surface area contributed by atoms with Gasteiger partial charge in [0.15, 0.2) is 11.5 Å². The van der Waals surface area contributed by atoms with Gasteiger partial charge in [-0.15, -0.1) is 6.58 Å². The number of hydrogen-bond donors (Lipinski definition) is 1. The fourth-order valence-corrected chi connectivity index (χ4v) is 3.64. The van der Waals surface area contributed by atoms with Gasteiger partial charge in [-0.3, -0.25) is 4.79 Å². The molecule has 1 N–H and O–H groups in total. The SMILES string of the molecule is C=CCc1cc(/C=C(/C#N)C(=O)Nc2ccc(C)cc2)cc(OC)c1OCc1ccc(I)cc1. The molecule has 0 atom stereocenters. The van der Waals surface area contributed by atoms with E-state index in [1.165, 1.54) is 0 Å². The summed E-state index contributed by atoms with van der Waals surface area (Å²) in [6, 6.07) is 21.1. The maximum absolute atomic E-state index is 12.7. The van der Waals surface area contributed by atoms with Gasteiger partial charge < -0.3 is 14.8 Å². The number of rotatable bonds is 9. The topological polar surface area (TPSA) is 71.4 Å². The van der Waals surface area contributed by atoms with Gasteiger partial charge in [-0.1, -0.05) is 35.9 Å². The highest BCUT2D eigenvalue weighted by Crippen LogP contribution is 2.35. The Morgan fingerprint density at radius 1 is 1.15 bits per heavy atom. The predicted molar refractivity (Wildman–Crippen MR) is 144 cm³/mol. The Morgan fingerprint density at radius 2 is 1.85 bits per heavy atom. The van der Waals surface area contributed by atoms with E-state index in [-0.39, 0.29) is 5.57 Å². The molecular weight excluding hydrogens is 539 g/mol. The van der Waals surface area contributed by atoms with E-state index in [2.05, 4.69) is 34.5 Å². The summed E-state index contributed by atoms with van der Waals surface area (Å²) in [4.78, 5) is 12.7. The van der Waals surface area contributed by atoms with Crippen molar-refractivity contribution in [1.29, 1.82) is 5.26 Å². The number of hydrogen-bond acceptors (Lipinski definition) is 4. The Hall–Kier alpha value is -3.57. The van der Waals surface area contributed by atoms with E-state index >= 15 is 0 Å². The van der Waals surface area contributed by atoms with Crippen molar-refractivity contribution in [2.45, 2.75) is 20.0 Å². The molecule has 0 fully saturated rings. The number of methoxy groups -OCH3 is 1. The molecule has 0 aliphatic rings. The van der Waals surface area contributed by atoms with Gasteiger partial charge in [0.05, 0.1) is 7.11 Å². The third-order valence-corrected chi connectivity index (χ3v) is 5.74. The van der Waals surface area contributed by atoms with Gasteiger partial charge in [0.25, 0.3) is 5.91 Å². The van der Waals surface area contributed by atoms with Crippen molar-refractivity contribution in [3.8, 4) is 17.6 Å². The number of benzene rings is 3. The highest BCUT2D eigenvalue weighted by Gasteiger charge is 2.15. The molecule has 34 heavy (non-hydrogen) atoms. The molecule has 0 radical (unpaired) electrons. The summed E-state index contributed by atoms with van der Waals surface area (Å²) >= 11 is 2.26. The quantitative estimate of drug-likeness (QED) is 0.140. The second-order valence-corrected chi connectivity index (χ2v) is 8.85. The van der Waals surface area contributed by atoms with Crippen LogP contribution in [0.25, 0.3) is 6.08 Å². The highest BCUT2D eigenvalue weighted by molar-refractivity contribution is 14.1. The standard InChI is InChI=1S/C28H25IN2O3/c1-4-5-22-14-21(15-23(17-30)28(32)31-25-12-6-19(2)7-13-25)16-26(33-3)27(22)34-18-20-8-10-24(29)11-9-20/h4,6-16H,1,5,18H2,2-3H3,(H,31,32)/b23-15-. The number of nitrogens with one attached hydrogen (secondary N) is 1. The minimum Gasteiger partial charge on any atom is -0.493 e. The average molecular weight is 564 g/mol. The van der Waals surface area contributed by atoms with E-state index in [1.54, 1.807) is 37.5 Å². The lowest BCUT2D eigenvalue weighted by molar-refractivity contribution is -0.112. The molecule has 172 valence electrons. The number of nitrogens with zero attached hydrogens (tertiary/aromatic N) is 1. The normalized spacial score (nSPS) is 10.8. The molecule has 0 saturated carbocycles. The summed E-state index contributed by atoms with van der Waals surface area (Å²) in [6.07, 6.45) is 3.86. The van der Waals surface area contributed by atoms with Crippen LogP contribution in [0.5, 0.6) is 11.5 Å². The Morgan fingerprint density at radius 3 is 2.47 bits per heavy atom. The molecule has 3 aromatic rings. The van der Waals surface area contributed by atoms with Crippen LogP contribution in [-0.4, -0.2) is 13.0 Å². The van der Waals surface area contributed by atoms with Crippen LogP contribution in [0.1, 0.15) is 22.3 Å². The van der Waals surface area contributed by atoms with Gasteiger partial charge in [0.2, 0.25) is 0 Å². The Kier molecular flexibility index (Phi) is 8.88. The van der Waals surface area contributed by atoms with Gasteiger partial charge in [-0.05, 0) is 89.5 Å². The molecule has 0 aliphatic carbocycles. The number of carbonyl (C=O) groups is 1. The van der Waals surface area contributed by atoms with E-state index in [0.29, 0.717) is 35.8 Å². The lowest BCUT2D eigenvalue weighted by Gasteiger charge is -2.16. The summed E-state index contributed by atoms with van der Waals surface area (Å²) < 4.78 is 12.9. The van der Waals surface area contributed by atoms with E-state index < -0.39 is 5.91 Å². The van der Waals surface area contributed by atoms with Crippen molar-refractivity contribution >= 4 is 40.3 Å². The van der Waals surface area contributed by atoms with E-state index in [0.717, 1.165) is 20.3 Å².